The Hall–Kier alpha value is -1.69. The molecule has 2 heterocycles. The molecule has 0 atom stereocenters. The Kier molecular flexibility index (Phi) is 3.00. The van der Waals surface area contributed by atoms with E-state index in [0.29, 0.717) is 13.1 Å². The van der Waals surface area contributed by atoms with Crippen molar-refractivity contribution >= 4 is 23.4 Å². The van der Waals surface area contributed by atoms with E-state index in [-0.39, 0.29) is 29.2 Å². The highest BCUT2D eigenvalue weighted by atomic mass is 35.5. The van der Waals surface area contributed by atoms with Gasteiger partial charge in [-0.15, -0.1) is 0 Å². The molecule has 1 aliphatic rings. The molecular weight excluding hydrogens is 232 g/mol. The predicted molar refractivity (Wildman–Crippen MR) is 56.0 cm³/mol. The second-order valence-corrected chi connectivity index (χ2v) is 3.69. The van der Waals surface area contributed by atoms with E-state index in [1.807, 2.05) is 0 Å². The monoisotopic (exact) mass is 240 g/mol. The molecule has 0 unspecified atom stereocenters. The Bertz CT molecular complexity index is 437. The number of hydrogen-bond acceptors (Lipinski definition) is 4. The minimum atomic E-state index is -0.329. The molecule has 0 aromatic carbocycles. The number of nitrogens with one attached hydrogen (secondary N) is 1. The smallest absolute Gasteiger partial charge is 0.274 e. The lowest BCUT2D eigenvalue weighted by Gasteiger charge is -2.26. The number of rotatable bonds is 1. The molecular formula is C9H9ClN4O2. The van der Waals surface area contributed by atoms with Gasteiger partial charge in [0.2, 0.25) is 5.91 Å². The van der Waals surface area contributed by atoms with Crippen molar-refractivity contribution in [2.75, 3.05) is 19.6 Å². The average Bonchev–Trinajstić information content (AvgIpc) is 2.28. The Balaban J connectivity index is 2.15. The molecule has 16 heavy (non-hydrogen) atoms. The predicted octanol–water partition coefficient (Wildman–Crippen LogP) is -0.298. The molecule has 2 rings (SSSR count). The third kappa shape index (κ3) is 2.27. The summed E-state index contributed by atoms with van der Waals surface area (Å²) < 4.78 is 0. The maximum absolute atomic E-state index is 11.9. The van der Waals surface area contributed by atoms with E-state index in [1.165, 1.54) is 17.3 Å². The number of halogens is 1. The van der Waals surface area contributed by atoms with E-state index in [1.54, 1.807) is 0 Å². The minimum absolute atomic E-state index is 0.0486. The molecule has 84 valence electrons. The van der Waals surface area contributed by atoms with E-state index in [2.05, 4.69) is 15.3 Å². The molecule has 1 aromatic rings. The van der Waals surface area contributed by atoms with E-state index in [4.69, 9.17) is 11.6 Å². The van der Waals surface area contributed by atoms with Crippen LogP contribution < -0.4 is 5.32 Å². The van der Waals surface area contributed by atoms with E-state index in [0.717, 1.165) is 0 Å². The van der Waals surface area contributed by atoms with Gasteiger partial charge in [0.15, 0.2) is 0 Å². The summed E-state index contributed by atoms with van der Waals surface area (Å²) in [6.45, 7) is 0.977. The van der Waals surface area contributed by atoms with Crippen LogP contribution in [0.1, 0.15) is 10.5 Å². The van der Waals surface area contributed by atoms with Gasteiger partial charge in [0.1, 0.15) is 10.8 Å². The molecule has 1 aliphatic heterocycles. The molecule has 0 aliphatic carbocycles. The Morgan fingerprint density at radius 1 is 1.50 bits per heavy atom. The van der Waals surface area contributed by atoms with Gasteiger partial charge in [-0.3, -0.25) is 14.6 Å². The lowest BCUT2D eigenvalue weighted by Crippen LogP contribution is -2.50. The van der Waals surface area contributed by atoms with Crippen LogP contribution in [0.15, 0.2) is 12.4 Å². The molecule has 7 heteroatoms. The van der Waals surface area contributed by atoms with Crippen LogP contribution in [0.3, 0.4) is 0 Å². The first-order valence-corrected chi connectivity index (χ1v) is 5.08. The van der Waals surface area contributed by atoms with Crippen LogP contribution in [0.2, 0.25) is 5.15 Å². The zero-order valence-corrected chi connectivity index (χ0v) is 9.07. The largest absolute Gasteiger partial charge is 0.353 e. The molecule has 0 bridgehead atoms. The molecule has 6 nitrogen and oxygen atoms in total. The standard InChI is InChI=1S/C9H9ClN4O2/c10-7-4-11-3-6(13-7)9(16)14-2-1-12-8(15)5-14/h3-4H,1-2,5H2,(H,12,15). The molecule has 1 aromatic heterocycles. The number of piperazine rings is 1. The first kappa shape index (κ1) is 10.8. The summed E-state index contributed by atoms with van der Waals surface area (Å²) in [6, 6.07) is 0. The lowest BCUT2D eigenvalue weighted by molar-refractivity contribution is -0.123. The summed E-state index contributed by atoms with van der Waals surface area (Å²) in [6.07, 6.45) is 2.68. The summed E-state index contributed by atoms with van der Waals surface area (Å²) >= 11 is 5.63. The van der Waals surface area contributed by atoms with Gasteiger partial charge in [0.25, 0.3) is 5.91 Å². The third-order valence-corrected chi connectivity index (χ3v) is 2.33. The Morgan fingerprint density at radius 3 is 3.00 bits per heavy atom. The third-order valence-electron chi connectivity index (χ3n) is 2.15. The van der Waals surface area contributed by atoms with Crippen molar-refractivity contribution in [3.8, 4) is 0 Å². The summed E-state index contributed by atoms with van der Waals surface area (Å²) in [7, 11) is 0. The lowest BCUT2D eigenvalue weighted by atomic mass is 10.3. The molecule has 0 radical (unpaired) electrons. The van der Waals surface area contributed by atoms with Gasteiger partial charge in [0.05, 0.1) is 18.9 Å². The number of carbonyl (C=O) groups excluding carboxylic acids is 2. The highest BCUT2D eigenvalue weighted by molar-refractivity contribution is 6.29. The normalized spacial score (nSPS) is 15.8. The van der Waals surface area contributed by atoms with E-state index < -0.39 is 0 Å². The fourth-order valence-electron chi connectivity index (χ4n) is 1.42. The van der Waals surface area contributed by atoms with Gasteiger partial charge in [-0.05, 0) is 0 Å². The van der Waals surface area contributed by atoms with Crippen molar-refractivity contribution in [1.29, 1.82) is 0 Å². The van der Waals surface area contributed by atoms with Gasteiger partial charge in [-0.1, -0.05) is 11.6 Å². The van der Waals surface area contributed by atoms with Crippen molar-refractivity contribution < 1.29 is 9.59 Å². The first-order valence-electron chi connectivity index (χ1n) is 4.70. The van der Waals surface area contributed by atoms with Crippen LogP contribution in [0.5, 0.6) is 0 Å². The first-order chi connectivity index (χ1) is 7.66. The van der Waals surface area contributed by atoms with E-state index in [9.17, 15) is 9.59 Å². The zero-order valence-electron chi connectivity index (χ0n) is 8.31. The topological polar surface area (TPSA) is 75.2 Å². The summed E-state index contributed by atoms with van der Waals surface area (Å²) in [5.41, 5.74) is 0.155. The fourth-order valence-corrected chi connectivity index (χ4v) is 1.57. The molecule has 1 fully saturated rings. The van der Waals surface area contributed by atoms with Gasteiger partial charge in [-0.25, -0.2) is 4.98 Å². The molecule has 0 saturated carbocycles. The highest BCUT2D eigenvalue weighted by Gasteiger charge is 2.23. The Labute approximate surface area is 96.6 Å². The molecule has 1 saturated heterocycles. The second kappa shape index (κ2) is 4.44. The quantitative estimate of drug-likeness (QED) is 0.732. The van der Waals surface area contributed by atoms with Crippen LogP contribution in [-0.4, -0.2) is 46.3 Å². The number of amides is 2. The molecule has 2 amide bonds. The summed E-state index contributed by atoms with van der Waals surface area (Å²) in [5, 5.41) is 2.79. The number of nitrogens with zero attached hydrogens (tertiary/aromatic N) is 3. The van der Waals surface area contributed by atoms with Crippen LogP contribution >= 0.6 is 11.6 Å². The van der Waals surface area contributed by atoms with Crippen LogP contribution in [0.25, 0.3) is 0 Å². The highest BCUT2D eigenvalue weighted by Crippen LogP contribution is 2.06. The van der Waals surface area contributed by atoms with Crippen molar-refractivity contribution in [3.63, 3.8) is 0 Å². The van der Waals surface area contributed by atoms with Crippen molar-refractivity contribution in [2.24, 2.45) is 0 Å². The maximum Gasteiger partial charge on any atom is 0.274 e. The Morgan fingerprint density at radius 2 is 2.31 bits per heavy atom. The van der Waals surface area contributed by atoms with Crippen molar-refractivity contribution in [3.05, 3.63) is 23.2 Å². The van der Waals surface area contributed by atoms with Crippen LogP contribution in [0, 0.1) is 0 Å². The maximum atomic E-state index is 11.9. The zero-order chi connectivity index (χ0) is 11.5. The van der Waals surface area contributed by atoms with Gasteiger partial charge < -0.3 is 10.2 Å². The number of carbonyl (C=O) groups is 2. The average molecular weight is 241 g/mol. The minimum Gasteiger partial charge on any atom is -0.353 e. The number of hydrogen-bond donors (Lipinski definition) is 1. The molecule has 1 N–H and O–H groups in total. The summed E-state index contributed by atoms with van der Waals surface area (Å²) in [5.74, 6) is -0.501. The SMILES string of the molecule is O=C1CN(C(=O)c2cncc(Cl)n2)CCN1. The van der Waals surface area contributed by atoms with Crippen molar-refractivity contribution in [1.82, 2.24) is 20.2 Å². The van der Waals surface area contributed by atoms with Gasteiger partial charge in [-0.2, -0.15) is 0 Å². The number of aromatic nitrogens is 2. The van der Waals surface area contributed by atoms with E-state index >= 15 is 0 Å². The van der Waals surface area contributed by atoms with Gasteiger partial charge in [0, 0.05) is 13.1 Å². The van der Waals surface area contributed by atoms with Gasteiger partial charge >= 0.3 is 0 Å². The summed E-state index contributed by atoms with van der Waals surface area (Å²) in [4.78, 5) is 32.0. The fraction of sp³-hybridized carbons (Fsp3) is 0.333. The van der Waals surface area contributed by atoms with Crippen LogP contribution in [-0.2, 0) is 4.79 Å². The second-order valence-electron chi connectivity index (χ2n) is 3.30. The van der Waals surface area contributed by atoms with Crippen LogP contribution in [0.4, 0.5) is 0 Å². The van der Waals surface area contributed by atoms with Crippen molar-refractivity contribution in [2.45, 2.75) is 0 Å². The molecule has 0 spiro atoms.